The van der Waals surface area contributed by atoms with Crippen LogP contribution in [0, 0.1) is 40.9 Å². The predicted octanol–water partition coefficient (Wildman–Crippen LogP) is 10.4. The molecule has 6 saturated heterocycles. The predicted molar refractivity (Wildman–Crippen MR) is 364 cm³/mol. The molecule has 6 aliphatic rings. The van der Waals surface area contributed by atoms with Crippen molar-refractivity contribution in [3.8, 4) is 52.2 Å². The zero-order valence-electron chi connectivity index (χ0n) is 52.4. The highest BCUT2D eigenvalue weighted by atomic mass is 32.1. The fraction of sp³-hybridized carbons (Fsp3) is 0.403. The lowest BCUT2D eigenvalue weighted by molar-refractivity contribution is 0.354. The molecule has 10 aromatic heterocycles. The molecule has 3 N–H and O–H groups in total. The van der Waals surface area contributed by atoms with Gasteiger partial charge in [-0.3, -0.25) is 14.3 Å². The van der Waals surface area contributed by atoms with Gasteiger partial charge in [-0.1, -0.05) is 34.0 Å². The number of nitrogens with zero attached hydrogens (tertiary/aromatic N) is 20. The highest BCUT2D eigenvalue weighted by molar-refractivity contribution is 7.22. The minimum atomic E-state index is 0.511. The first-order valence-electron chi connectivity index (χ1n) is 31.9. The van der Waals surface area contributed by atoms with Gasteiger partial charge in [-0.2, -0.15) is 26.0 Å². The summed E-state index contributed by atoms with van der Waals surface area (Å²) >= 11 is 4.94. The van der Waals surface area contributed by atoms with Crippen LogP contribution in [0.3, 0.4) is 0 Å². The van der Waals surface area contributed by atoms with Gasteiger partial charge in [0.2, 0.25) is 0 Å². The molecule has 23 nitrogen and oxygen atoms in total. The molecule has 6 atom stereocenters. The van der Waals surface area contributed by atoms with E-state index in [0.717, 1.165) is 90.7 Å². The second-order valence-electron chi connectivity index (χ2n) is 26.0. The van der Waals surface area contributed by atoms with Gasteiger partial charge in [-0.15, -0.1) is 0 Å². The molecular formula is C67H67N23S3. The number of nitriles is 3. The molecule has 0 amide bonds. The Balaban J connectivity index is 0.000000111. The Morgan fingerprint density at radius 1 is 0.473 bits per heavy atom. The number of aromatic nitrogens is 14. The van der Waals surface area contributed by atoms with Crippen LogP contribution in [0.1, 0.15) is 99.4 Å². The van der Waals surface area contributed by atoms with E-state index >= 15 is 0 Å². The molecule has 0 radical (unpaired) electrons. The molecule has 26 heteroatoms. The number of hydrogen-bond acceptors (Lipinski definition) is 23. The third-order valence-electron chi connectivity index (χ3n) is 19.7. The molecule has 0 aliphatic carbocycles. The van der Waals surface area contributed by atoms with Crippen LogP contribution in [0.2, 0.25) is 0 Å². The third-order valence-corrected chi connectivity index (χ3v) is 22.9. The van der Waals surface area contributed by atoms with Gasteiger partial charge in [0, 0.05) is 142 Å². The van der Waals surface area contributed by atoms with Gasteiger partial charge in [0.25, 0.3) is 0 Å². The number of fused-ring (bicyclic) bond motifs is 12. The van der Waals surface area contributed by atoms with Crippen LogP contribution >= 0.6 is 34.0 Å². The maximum atomic E-state index is 9.58. The van der Waals surface area contributed by atoms with Crippen molar-refractivity contribution in [3.63, 3.8) is 0 Å². The van der Waals surface area contributed by atoms with Crippen molar-refractivity contribution in [1.29, 1.82) is 15.8 Å². The summed E-state index contributed by atoms with van der Waals surface area (Å²) in [6, 6.07) is 23.8. The second-order valence-corrected chi connectivity index (χ2v) is 29.0. The molecule has 468 valence electrons. The van der Waals surface area contributed by atoms with E-state index in [4.69, 9.17) is 24.9 Å². The van der Waals surface area contributed by atoms with E-state index in [1.165, 1.54) is 77.0 Å². The van der Waals surface area contributed by atoms with Crippen molar-refractivity contribution in [2.75, 3.05) is 35.8 Å². The Labute approximate surface area is 547 Å². The minimum Gasteiger partial charge on any atom is -0.348 e. The molecule has 6 fully saturated rings. The van der Waals surface area contributed by atoms with Gasteiger partial charge in [0.05, 0.1) is 51.4 Å². The van der Waals surface area contributed by atoms with Gasteiger partial charge in [0.15, 0.2) is 32.7 Å². The average molecular weight is 1290 g/mol. The first-order valence-corrected chi connectivity index (χ1v) is 34.3. The maximum absolute atomic E-state index is 9.58. The van der Waals surface area contributed by atoms with E-state index in [1.54, 1.807) is 55.8 Å². The monoisotopic (exact) mass is 1290 g/mol. The lowest BCUT2D eigenvalue weighted by atomic mass is 9.99. The minimum absolute atomic E-state index is 0.511. The van der Waals surface area contributed by atoms with Crippen LogP contribution < -0.4 is 30.7 Å². The van der Waals surface area contributed by atoms with Crippen LogP contribution in [-0.4, -0.2) is 144 Å². The number of nitrogens with one attached hydrogen (secondary N) is 3. The summed E-state index contributed by atoms with van der Waals surface area (Å²) in [6.07, 6.45) is 27.9. The van der Waals surface area contributed by atoms with E-state index in [2.05, 4.69) is 112 Å². The number of rotatable bonds is 9. The van der Waals surface area contributed by atoms with Crippen molar-refractivity contribution in [3.05, 3.63) is 102 Å². The van der Waals surface area contributed by atoms with Crippen molar-refractivity contribution in [2.45, 2.75) is 138 Å². The van der Waals surface area contributed by atoms with E-state index < -0.39 is 0 Å². The Kier molecular flexibility index (Phi) is 15.0. The fourth-order valence-electron chi connectivity index (χ4n) is 15.0. The maximum Gasteiger partial charge on any atom is 0.187 e. The largest absolute Gasteiger partial charge is 0.348 e. The van der Waals surface area contributed by atoms with E-state index in [9.17, 15) is 15.8 Å². The van der Waals surface area contributed by atoms with E-state index in [0.29, 0.717) is 93.9 Å². The number of aryl methyl sites for hydroxylation is 3. The lowest BCUT2D eigenvalue weighted by Gasteiger charge is -2.35. The zero-order valence-corrected chi connectivity index (χ0v) is 54.8. The summed E-state index contributed by atoms with van der Waals surface area (Å²) in [4.78, 5) is 51.0. The van der Waals surface area contributed by atoms with Gasteiger partial charge in [0.1, 0.15) is 55.5 Å². The number of imidazole rings is 1. The Bertz CT molecular complexity index is 4500. The van der Waals surface area contributed by atoms with Crippen LogP contribution in [0.4, 0.5) is 15.4 Å². The van der Waals surface area contributed by atoms with Gasteiger partial charge >= 0.3 is 0 Å². The number of piperidine rings is 3. The average Bonchev–Trinajstić information content (AvgIpc) is 2.02. The van der Waals surface area contributed by atoms with Crippen molar-refractivity contribution >= 4 is 108 Å². The molecule has 0 saturated carbocycles. The molecule has 16 heterocycles. The molecule has 12 aromatic rings. The molecule has 6 bridgehead atoms. The number of hydrogen-bond donors (Lipinski definition) is 3. The number of thiazole rings is 3. The first kappa shape index (κ1) is 58.9. The van der Waals surface area contributed by atoms with Crippen LogP contribution in [0.5, 0.6) is 0 Å². The summed E-state index contributed by atoms with van der Waals surface area (Å²) in [5.74, 6) is 1.20. The highest BCUT2D eigenvalue weighted by Crippen LogP contribution is 2.40. The third kappa shape index (κ3) is 11.3. The normalized spacial score (nSPS) is 22.8. The Morgan fingerprint density at radius 3 is 1.40 bits per heavy atom. The first-order chi connectivity index (χ1) is 45.2. The highest BCUT2D eigenvalue weighted by Gasteiger charge is 2.39. The van der Waals surface area contributed by atoms with Gasteiger partial charge in [-0.05, 0) is 120 Å². The topological polar surface area (TPSA) is 273 Å². The quantitative estimate of drug-likeness (QED) is 0.121. The summed E-state index contributed by atoms with van der Waals surface area (Å²) in [5.41, 5.74) is 10.5. The molecule has 6 aliphatic heterocycles. The summed E-state index contributed by atoms with van der Waals surface area (Å²) in [7, 11) is 10.2. The van der Waals surface area contributed by atoms with Crippen LogP contribution in [-0.2, 0) is 14.1 Å². The molecule has 93 heavy (non-hydrogen) atoms. The number of pyridine rings is 2. The van der Waals surface area contributed by atoms with E-state index in [1.807, 2.05) is 80.7 Å². The summed E-state index contributed by atoms with van der Waals surface area (Å²) in [6.45, 7) is 1.92. The molecule has 2 aromatic carbocycles. The van der Waals surface area contributed by atoms with Crippen molar-refractivity contribution < 1.29 is 0 Å². The lowest BCUT2D eigenvalue weighted by Crippen LogP contribution is -2.47. The van der Waals surface area contributed by atoms with Crippen LogP contribution in [0.25, 0.3) is 92.4 Å². The van der Waals surface area contributed by atoms with Gasteiger partial charge < -0.3 is 35.1 Å². The smallest absolute Gasteiger partial charge is 0.187 e. The molecule has 6 unspecified atom stereocenters. The SMILES string of the molecule is CN(c1nc2cnc(-c3cc(C#N)c4nn(C)cc4c3)cc2s1)C1CC2CCC(C1)N2.CN(c1nc2cnc(-c3cc(C#N)c4nn(C)cc4c3)nc2s1)C1CC2CCC(C1)N2.Cc1cn2cc(-c3ncc4nc(N(C)C5CC6CCC(C5)N6)sc4n3)cc(C#N)c2n1. The standard InChI is InChI=1S/C23H23N7S.2C22H22N8S/c1-29-12-15-6-13(5-14(10-24)22(15)28-29)19-9-21-20(11-25-19)27-23(31-21)30(2)18-7-16-3-4-17(8-18)26-16;1-29-11-14-6-12(5-13(9-23)19(14)28-29)20-24-10-18-21(27-20)31-22(26-18)30(2)17-7-15-3-4-16(8-17)25-15;1-12-10-30-11-14(5-13(8-23)20(30)25-12)19-24-9-18-21(28-19)31-22(27-18)29(2)17-6-15-3-4-16(7-17)26-15/h5-6,9,11-12,16-18,26H,3-4,7-8H2,1-2H3;5-6,10-11,15-17,25H,3-4,7-8H2,1-2H3;5,9-11,15-17,26H,3-4,6-7H2,1-2H3. The molecular weight excluding hydrogens is 1220 g/mol. The molecule has 18 rings (SSSR count). The Morgan fingerprint density at radius 2 is 0.903 bits per heavy atom. The van der Waals surface area contributed by atoms with Crippen LogP contribution in [0.15, 0.2) is 79.8 Å². The number of benzene rings is 2. The van der Waals surface area contributed by atoms with Crippen molar-refractivity contribution in [1.82, 2.24) is 84.8 Å². The fourth-order valence-corrected chi connectivity index (χ4v) is 17.9. The second kappa shape index (κ2) is 23.7. The number of anilines is 3. The van der Waals surface area contributed by atoms with Gasteiger partial charge in [-0.25, -0.2) is 39.9 Å². The van der Waals surface area contributed by atoms with E-state index in [-0.39, 0.29) is 0 Å². The Hall–Kier alpha value is -9.20. The summed E-state index contributed by atoms with van der Waals surface area (Å²) in [5, 5.41) is 53.5. The zero-order chi connectivity index (χ0) is 63.3. The van der Waals surface area contributed by atoms with Crippen molar-refractivity contribution in [2.24, 2.45) is 14.1 Å². The molecule has 0 spiro atoms. The summed E-state index contributed by atoms with van der Waals surface area (Å²) < 4.78 is 6.45.